The molecule has 28 heteroatoms. The number of nitrogens with one attached hydrogen (secondary N) is 3. The van der Waals surface area contributed by atoms with Gasteiger partial charge in [-0.15, -0.1) is 0 Å². The molecule has 6 aliphatic rings. The van der Waals surface area contributed by atoms with Crippen molar-refractivity contribution < 1.29 is 70.7 Å². The predicted octanol–water partition coefficient (Wildman–Crippen LogP) is 5.64. The molecular weight excluding hydrogens is 1310 g/mol. The highest BCUT2D eigenvalue weighted by atomic mass is 35.5. The largest absolute Gasteiger partial charge is 0.417 e. The third-order valence-electron chi connectivity index (χ3n) is 21.9. The molecule has 8 atom stereocenters. The highest BCUT2D eigenvalue weighted by molar-refractivity contribution is 6.31. The first kappa shape index (κ1) is 79.3. The van der Waals surface area contributed by atoms with Gasteiger partial charge in [0.1, 0.15) is 47.8 Å². The van der Waals surface area contributed by atoms with Crippen molar-refractivity contribution in [2.24, 2.45) is 23.7 Å². The Hall–Kier alpha value is -7.06. The molecule has 0 radical (unpaired) electrons. The standard InChI is InChI=1S/C71H108ClF3N12O12/c1-12-45(4)60-67(97)81(7)42-58(90)79(5)43-59(91)83(9)54(39-46-23-16-17-24-46)65(95)80(6)41-56(88)76-51(31-29-47-28-30-49(50(72)38-47)71(73,74)75)64(94)87-36-22-27-52(87)63(93)78-70(32-18-19-33-70)69(99)85(11)61(48-25-14-13-15-26-48)68(98)84(10)55(66(96)86-34-20-21-35-86)40-57(89)82(8)53(37-44(2)3)62(92)77-60/h28,30,38,44-46,48,51-55,60-61H,12-27,29,31-37,39-43H2,1-11H3,(H,76,88)(H,77,92)(H,78,93)/t45-,51-,52?,53-,54-,55-,60-,61-/m0/s1. The maximum Gasteiger partial charge on any atom is 0.417 e. The van der Waals surface area contributed by atoms with Crippen LogP contribution in [0.15, 0.2) is 18.2 Å². The van der Waals surface area contributed by atoms with E-state index in [0.29, 0.717) is 70.0 Å². The Morgan fingerprint density at radius 3 is 1.84 bits per heavy atom. The number of amides is 12. The monoisotopic (exact) mass is 1410 g/mol. The quantitative estimate of drug-likeness (QED) is 0.243. The van der Waals surface area contributed by atoms with Crippen molar-refractivity contribution >= 4 is 82.5 Å². The van der Waals surface area contributed by atoms with Crippen LogP contribution in [0.1, 0.15) is 180 Å². The fraction of sp³-hybridized carbons (Fsp3) is 0.746. The molecule has 6 fully saturated rings. The average molecular weight is 1410 g/mol. The Kier molecular flexibility index (Phi) is 28.0. The van der Waals surface area contributed by atoms with Gasteiger partial charge in [-0.2, -0.15) is 13.2 Å². The van der Waals surface area contributed by atoms with Gasteiger partial charge in [-0.05, 0) is 118 Å². The second-order valence-corrected chi connectivity index (χ2v) is 29.9. The summed E-state index contributed by atoms with van der Waals surface area (Å²) in [6.45, 7) is 6.46. The molecule has 24 nitrogen and oxygen atoms in total. The number of aryl methyl sites for hydroxylation is 1. The Morgan fingerprint density at radius 2 is 1.23 bits per heavy atom. The molecule has 0 bridgehead atoms. The summed E-state index contributed by atoms with van der Waals surface area (Å²) < 4.78 is 41.6. The molecule has 3 N–H and O–H groups in total. The van der Waals surface area contributed by atoms with Crippen LogP contribution in [0.25, 0.3) is 0 Å². The minimum absolute atomic E-state index is 0.0306. The molecule has 3 saturated heterocycles. The van der Waals surface area contributed by atoms with Crippen LogP contribution in [0.4, 0.5) is 13.2 Å². The van der Waals surface area contributed by atoms with E-state index < -0.39 is 173 Å². The van der Waals surface area contributed by atoms with Gasteiger partial charge < -0.3 is 60.0 Å². The van der Waals surface area contributed by atoms with Crippen LogP contribution in [0, 0.1) is 23.7 Å². The molecule has 3 aliphatic heterocycles. The lowest BCUT2D eigenvalue weighted by atomic mass is 9.81. The van der Waals surface area contributed by atoms with Crippen molar-refractivity contribution in [1.29, 1.82) is 0 Å². The van der Waals surface area contributed by atoms with E-state index in [1.807, 2.05) is 20.8 Å². The van der Waals surface area contributed by atoms with Crippen molar-refractivity contribution in [2.45, 2.75) is 229 Å². The SMILES string of the molecule is CC[C@H](C)[C@@H]1NC(=O)[C@H](CC(C)C)N(C)C(=O)C[C@@H](C(=O)N2CCCC2)N(C)C(=O)[C@H](C2CCCCC2)N(C)C(=O)C2(CCCC2)NC(=O)C2CCCN2C(=O)[C@H](CCc2ccc(C(F)(F)F)c(Cl)c2)NC(=O)CN(C)C(=O)[C@H](CC2CCCC2)N(C)C(=O)CN(C)C(=O)CN(C)C1=O. The van der Waals surface area contributed by atoms with E-state index in [9.17, 15) is 46.7 Å². The van der Waals surface area contributed by atoms with Gasteiger partial charge in [0.25, 0.3) is 0 Å². The van der Waals surface area contributed by atoms with Crippen LogP contribution in [-0.2, 0) is 70.1 Å². The van der Waals surface area contributed by atoms with E-state index in [2.05, 4.69) is 16.0 Å². The van der Waals surface area contributed by atoms with Crippen LogP contribution in [0.5, 0.6) is 0 Å². The van der Waals surface area contributed by atoms with Crippen molar-refractivity contribution in [2.75, 3.05) is 88.6 Å². The lowest BCUT2D eigenvalue weighted by Crippen LogP contribution is -2.65. The number of fused-ring (bicyclic) bond motifs is 1. The first-order valence-electron chi connectivity index (χ1n) is 35.9. The van der Waals surface area contributed by atoms with Gasteiger partial charge in [-0.3, -0.25) is 57.5 Å². The van der Waals surface area contributed by atoms with E-state index in [-0.39, 0.29) is 63.3 Å². The van der Waals surface area contributed by atoms with E-state index in [4.69, 9.17) is 11.6 Å². The highest BCUT2D eigenvalue weighted by Crippen LogP contribution is 2.39. The number of nitrogens with zero attached hydrogens (tertiary/aromatic N) is 9. The van der Waals surface area contributed by atoms with Crippen molar-refractivity contribution in [1.82, 2.24) is 60.0 Å². The summed E-state index contributed by atoms with van der Waals surface area (Å²) in [5, 5.41) is 8.17. The van der Waals surface area contributed by atoms with Crippen molar-refractivity contribution in [3.8, 4) is 0 Å². The van der Waals surface area contributed by atoms with Crippen LogP contribution in [0.3, 0.4) is 0 Å². The number of benzene rings is 1. The topological polar surface area (TPSA) is 270 Å². The second-order valence-electron chi connectivity index (χ2n) is 29.5. The molecule has 7 rings (SSSR count). The first-order valence-corrected chi connectivity index (χ1v) is 36.2. The molecule has 1 aromatic rings. The molecule has 99 heavy (non-hydrogen) atoms. The molecule has 1 unspecified atom stereocenters. The van der Waals surface area contributed by atoms with E-state index in [0.717, 1.165) is 71.8 Å². The Balaban J connectivity index is 1.28. The summed E-state index contributed by atoms with van der Waals surface area (Å²) in [6.07, 6.45) is 5.27. The van der Waals surface area contributed by atoms with Crippen molar-refractivity contribution in [3.05, 3.63) is 34.3 Å². The highest BCUT2D eigenvalue weighted by Gasteiger charge is 2.52. The summed E-state index contributed by atoms with van der Waals surface area (Å²) in [6, 6.07) is -5.50. The molecule has 12 amide bonds. The summed E-state index contributed by atoms with van der Waals surface area (Å²) in [7, 11) is 9.99. The number of halogens is 4. The van der Waals surface area contributed by atoms with Crippen molar-refractivity contribution in [3.63, 3.8) is 0 Å². The number of rotatable bonds is 11. The van der Waals surface area contributed by atoms with Crippen LogP contribution < -0.4 is 16.0 Å². The number of alkyl halides is 3. The number of likely N-dealkylation sites (N-methyl/N-ethyl adjacent to an activating group) is 7. The first-order chi connectivity index (χ1) is 46.7. The molecule has 3 aliphatic carbocycles. The molecular formula is C71H108ClF3N12O12. The van der Waals surface area contributed by atoms with Crippen LogP contribution in [-0.4, -0.2) is 251 Å². The molecule has 0 aromatic heterocycles. The lowest BCUT2D eigenvalue weighted by molar-refractivity contribution is -0.156. The van der Waals surface area contributed by atoms with Gasteiger partial charge in [-0.1, -0.05) is 110 Å². The van der Waals surface area contributed by atoms with Gasteiger partial charge >= 0.3 is 6.18 Å². The minimum Gasteiger partial charge on any atom is -0.343 e. The summed E-state index contributed by atoms with van der Waals surface area (Å²) in [5.41, 5.74) is -2.33. The fourth-order valence-electron chi connectivity index (χ4n) is 15.5. The van der Waals surface area contributed by atoms with Gasteiger partial charge in [-0.25, -0.2) is 0 Å². The molecule has 1 aromatic carbocycles. The summed E-state index contributed by atoms with van der Waals surface area (Å²) in [4.78, 5) is 190. The predicted molar refractivity (Wildman–Crippen MR) is 364 cm³/mol. The zero-order valence-corrected chi connectivity index (χ0v) is 60.8. The smallest absolute Gasteiger partial charge is 0.343 e. The minimum atomic E-state index is -4.76. The number of likely N-dealkylation sites (tertiary alicyclic amines) is 1. The van der Waals surface area contributed by atoms with Crippen LogP contribution >= 0.6 is 11.6 Å². The molecule has 1 spiro atoms. The average Bonchev–Trinajstić information content (AvgIpc) is 1.73. The third kappa shape index (κ3) is 19.7. The number of hydrogen-bond donors (Lipinski definition) is 3. The molecule has 3 saturated carbocycles. The zero-order chi connectivity index (χ0) is 73.0. The van der Waals surface area contributed by atoms with Gasteiger partial charge in [0, 0.05) is 69.0 Å². The number of hydrogen-bond acceptors (Lipinski definition) is 12. The fourth-order valence-corrected chi connectivity index (χ4v) is 15.8. The molecule has 552 valence electrons. The van der Waals surface area contributed by atoms with Gasteiger partial charge in [0.05, 0.1) is 36.6 Å². The maximum atomic E-state index is 15.7. The Morgan fingerprint density at radius 1 is 0.626 bits per heavy atom. The summed E-state index contributed by atoms with van der Waals surface area (Å²) in [5.74, 6) is -8.69. The van der Waals surface area contributed by atoms with Gasteiger partial charge in [0.2, 0.25) is 70.9 Å². The normalized spacial score (nSPS) is 26.8. The second kappa shape index (κ2) is 35.0. The summed E-state index contributed by atoms with van der Waals surface area (Å²) >= 11 is 6.15. The number of carbonyl (C=O) groups excluding carboxylic acids is 12. The van der Waals surface area contributed by atoms with E-state index >= 15 is 24.0 Å². The molecule has 3 heterocycles. The third-order valence-corrected chi connectivity index (χ3v) is 22.2. The van der Waals surface area contributed by atoms with Crippen LogP contribution in [0.2, 0.25) is 5.02 Å². The zero-order valence-electron chi connectivity index (χ0n) is 60.0. The Bertz CT molecular complexity index is 3100. The lowest BCUT2D eigenvalue weighted by Gasteiger charge is -2.43. The van der Waals surface area contributed by atoms with Gasteiger partial charge in [0.15, 0.2) is 0 Å². The number of carbonyl (C=O) groups is 12. The van der Waals surface area contributed by atoms with E-state index in [1.165, 1.54) is 79.9 Å². The Labute approximate surface area is 586 Å². The van der Waals surface area contributed by atoms with E-state index in [1.54, 1.807) is 11.8 Å². The maximum absolute atomic E-state index is 15.7.